The quantitative estimate of drug-likeness (QED) is 0.689. The number of para-hydroxylation sites is 1. The molecule has 0 spiro atoms. The molecule has 29 heavy (non-hydrogen) atoms. The number of anilines is 1. The van der Waals surface area contributed by atoms with Crippen molar-refractivity contribution >= 4 is 17.5 Å². The standard InChI is InChI=1S/C23H29N3O3/c1-20(27)25(13-12-24-14-16-29-17-15-24)19-23(28)26(22-10-6-3-7-11-22)18-21-8-4-2-5-9-21/h2-11H,12-19H2,1H3. The van der Waals surface area contributed by atoms with Gasteiger partial charge in [-0.15, -0.1) is 0 Å². The Kier molecular flexibility index (Phi) is 7.78. The van der Waals surface area contributed by atoms with Crippen molar-refractivity contribution in [2.45, 2.75) is 13.5 Å². The monoisotopic (exact) mass is 395 g/mol. The molecule has 3 rings (SSSR count). The fourth-order valence-electron chi connectivity index (χ4n) is 3.38. The van der Waals surface area contributed by atoms with Gasteiger partial charge in [0.2, 0.25) is 11.8 Å². The van der Waals surface area contributed by atoms with E-state index in [1.807, 2.05) is 60.7 Å². The minimum Gasteiger partial charge on any atom is -0.379 e. The van der Waals surface area contributed by atoms with Gasteiger partial charge in [0, 0.05) is 38.8 Å². The van der Waals surface area contributed by atoms with Gasteiger partial charge in [0.1, 0.15) is 6.54 Å². The minimum absolute atomic E-state index is 0.0708. The third-order valence-electron chi connectivity index (χ3n) is 5.11. The summed E-state index contributed by atoms with van der Waals surface area (Å²) in [6, 6.07) is 19.5. The van der Waals surface area contributed by atoms with E-state index < -0.39 is 0 Å². The highest BCUT2D eigenvalue weighted by Crippen LogP contribution is 2.17. The van der Waals surface area contributed by atoms with Crippen molar-refractivity contribution in [3.63, 3.8) is 0 Å². The van der Waals surface area contributed by atoms with E-state index >= 15 is 0 Å². The highest BCUT2D eigenvalue weighted by molar-refractivity contribution is 5.96. The molecule has 6 nitrogen and oxygen atoms in total. The molecule has 1 saturated heterocycles. The highest BCUT2D eigenvalue weighted by atomic mass is 16.5. The van der Waals surface area contributed by atoms with Gasteiger partial charge in [-0.1, -0.05) is 48.5 Å². The number of carbonyl (C=O) groups is 2. The number of benzene rings is 2. The van der Waals surface area contributed by atoms with Crippen LogP contribution in [-0.2, 0) is 20.9 Å². The Morgan fingerprint density at radius 2 is 1.59 bits per heavy atom. The summed E-state index contributed by atoms with van der Waals surface area (Å²) in [6.45, 7) is 6.52. The van der Waals surface area contributed by atoms with Gasteiger partial charge >= 0.3 is 0 Å². The van der Waals surface area contributed by atoms with Crippen LogP contribution in [0.4, 0.5) is 5.69 Å². The Balaban J connectivity index is 1.68. The smallest absolute Gasteiger partial charge is 0.246 e. The summed E-state index contributed by atoms with van der Waals surface area (Å²) >= 11 is 0. The zero-order chi connectivity index (χ0) is 20.5. The first-order valence-corrected chi connectivity index (χ1v) is 10.1. The molecule has 154 valence electrons. The molecule has 1 aliphatic rings. The van der Waals surface area contributed by atoms with E-state index in [9.17, 15) is 9.59 Å². The zero-order valence-electron chi connectivity index (χ0n) is 17.0. The first-order chi connectivity index (χ1) is 14.1. The molecular formula is C23H29N3O3. The summed E-state index contributed by atoms with van der Waals surface area (Å²) in [5.74, 6) is -0.170. The number of morpholine rings is 1. The molecule has 2 aromatic carbocycles. The number of nitrogens with zero attached hydrogens (tertiary/aromatic N) is 3. The van der Waals surface area contributed by atoms with E-state index in [-0.39, 0.29) is 18.4 Å². The van der Waals surface area contributed by atoms with Crippen LogP contribution in [0.5, 0.6) is 0 Å². The number of hydrogen-bond donors (Lipinski definition) is 0. The number of ether oxygens (including phenoxy) is 1. The van der Waals surface area contributed by atoms with Gasteiger partial charge in [-0.05, 0) is 17.7 Å². The van der Waals surface area contributed by atoms with Crippen LogP contribution < -0.4 is 4.90 Å². The maximum Gasteiger partial charge on any atom is 0.246 e. The second kappa shape index (κ2) is 10.7. The van der Waals surface area contributed by atoms with Crippen LogP contribution >= 0.6 is 0 Å². The summed E-state index contributed by atoms with van der Waals surface area (Å²) in [4.78, 5) is 31.0. The van der Waals surface area contributed by atoms with E-state index in [1.165, 1.54) is 6.92 Å². The molecule has 0 atom stereocenters. The molecule has 0 radical (unpaired) electrons. The lowest BCUT2D eigenvalue weighted by Gasteiger charge is -2.31. The van der Waals surface area contributed by atoms with Gasteiger partial charge in [-0.3, -0.25) is 14.5 Å². The van der Waals surface area contributed by atoms with Crippen LogP contribution in [0.15, 0.2) is 60.7 Å². The average Bonchev–Trinajstić information content (AvgIpc) is 2.76. The maximum absolute atomic E-state index is 13.2. The summed E-state index contributed by atoms with van der Waals surface area (Å²) < 4.78 is 5.37. The van der Waals surface area contributed by atoms with E-state index in [0.29, 0.717) is 13.1 Å². The molecule has 0 saturated carbocycles. The molecule has 0 N–H and O–H groups in total. The molecule has 0 bridgehead atoms. The van der Waals surface area contributed by atoms with Crippen molar-refractivity contribution in [3.05, 3.63) is 66.2 Å². The third-order valence-corrected chi connectivity index (χ3v) is 5.11. The third kappa shape index (κ3) is 6.41. The Morgan fingerprint density at radius 1 is 0.966 bits per heavy atom. The molecule has 1 fully saturated rings. The summed E-state index contributed by atoms with van der Waals surface area (Å²) in [7, 11) is 0. The SMILES string of the molecule is CC(=O)N(CCN1CCOCC1)CC(=O)N(Cc1ccccc1)c1ccccc1. The van der Waals surface area contributed by atoms with Crippen LogP contribution in [0.2, 0.25) is 0 Å². The van der Waals surface area contributed by atoms with Crippen LogP contribution in [0.25, 0.3) is 0 Å². The largest absolute Gasteiger partial charge is 0.379 e. The zero-order valence-corrected chi connectivity index (χ0v) is 17.0. The predicted molar refractivity (Wildman–Crippen MR) is 114 cm³/mol. The van der Waals surface area contributed by atoms with Gasteiger partial charge in [0.15, 0.2) is 0 Å². The van der Waals surface area contributed by atoms with Gasteiger partial charge in [0.05, 0.1) is 19.8 Å². The number of amides is 2. The van der Waals surface area contributed by atoms with Crippen LogP contribution in [0, 0.1) is 0 Å². The van der Waals surface area contributed by atoms with Gasteiger partial charge in [0.25, 0.3) is 0 Å². The van der Waals surface area contributed by atoms with Crippen molar-refractivity contribution in [1.82, 2.24) is 9.80 Å². The molecule has 2 aromatic rings. The van der Waals surface area contributed by atoms with E-state index in [4.69, 9.17) is 4.74 Å². The lowest BCUT2D eigenvalue weighted by Crippen LogP contribution is -2.46. The molecule has 6 heteroatoms. The fourth-order valence-corrected chi connectivity index (χ4v) is 3.38. The van der Waals surface area contributed by atoms with E-state index in [0.717, 1.165) is 44.1 Å². The van der Waals surface area contributed by atoms with Crippen LogP contribution in [0.3, 0.4) is 0 Å². The minimum atomic E-state index is -0.0859. The molecular weight excluding hydrogens is 366 g/mol. The summed E-state index contributed by atoms with van der Waals surface area (Å²) in [5, 5.41) is 0. The first-order valence-electron chi connectivity index (χ1n) is 10.1. The number of carbonyl (C=O) groups excluding carboxylic acids is 2. The van der Waals surface area contributed by atoms with Gasteiger partial charge in [-0.25, -0.2) is 0 Å². The highest BCUT2D eigenvalue weighted by Gasteiger charge is 2.22. The Hall–Kier alpha value is -2.70. The Morgan fingerprint density at radius 3 is 2.21 bits per heavy atom. The Bertz CT molecular complexity index is 776. The first kappa shape index (κ1) is 21.0. The van der Waals surface area contributed by atoms with Crippen molar-refractivity contribution in [1.29, 1.82) is 0 Å². The van der Waals surface area contributed by atoms with Crippen molar-refractivity contribution in [2.75, 3.05) is 50.8 Å². The van der Waals surface area contributed by atoms with Crippen LogP contribution in [0.1, 0.15) is 12.5 Å². The van der Waals surface area contributed by atoms with E-state index in [1.54, 1.807) is 9.80 Å². The van der Waals surface area contributed by atoms with Crippen molar-refractivity contribution < 1.29 is 14.3 Å². The number of hydrogen-bond acceptors (Lipinski definition) is 4. The van der Waals surface area contributed by atoms with Crippen molar-refractivity contribution in [2.24, 2.45) is 0 Å². The lowest BCUT2D eigenvalue weighted by atomic mass is 10.2. The summed E-state index contributed by atoms with van der Waals surface area (Å²) in [5.41, 5.74) is 1.88. The second-order valence-corrected chi connectivity index (χ2v) is 7.20. The van der Waals surface area contributed by atoms with Crippen molar-refractivity contribution in [3.8, 4) is 0 Å². The molecule has 2 amide bonds. The topological polar surface area (TPSA) is 53.1 Å². The number of rotatable bonds is 8. The van der Waals surface area contributed by atoms with E-state index in [2.05, 4.69) is 4.90 Å². The maximum atomic E-state index is 13.2. The molecule has 1 aliphatic heterocycles. The molecule has 0 aromatic heterocycles. The van der Waals surface area contributed by atoms with Crippen LogP contribution in [-0.4, -0.2) is 67.6 Å². The molecule has 1 heterocycles. The second-order valence-electron chi connectivity index (χ2n) is 7.20. The van der Waals surface area contributed by atoms with Gasteiger partial charge in [-0.2, -0.15) is 0 Å². The summed E-state index contributed by atoms with van der Waals surface area (Å²) in [6.07, 6.45) is 0. The van der Waals surface area contributed by atoms with Gasteiger partial charge < -0.3 is 14.5 Å². The predicted octanol–water partition coefficient (Wildman–Crippen LogP) is 2.40. The fraction of sp³-hybridized carbons (Fsp3) is 0.391. The molecule has 0 aliphatic carbocycles. The molecule has 0 unspecified atom stereocenters. The average molecular weight is 396 g/mol. The Labute approximate surface area is 172 Å². The lowest BCUT2D eigenvalue weighted by molar-refractivity contribution is -0.133. The normalized spacial score (nSPS) is 14.4.